The first-order chi connectivity index (χ1) is 9.54. The van der Waals surface area contributed by atoms with Gasteiger partial charge in [0.15, 0.2) is 0 Å². The van der Waals surface area contributed by atoms with Gasteiger partial charge in [0, 0.05) is 28.2 Å². The molecule has 1 heterocycles. The molecule has 2 aromatic rings. The maximum Gasteiger partial charge on any atom is 0.265 e. The second-order valence-corrected chi connectivity index (χ2v) is 6.64. The third kappa shape index (κ3) is 3.13. The highest BCUT2D eigenvalue weighted by atomic mass is 79.9. The number of carbonyl (C=O) groups is 1. The summed E-state index contributed by atoms with van der Waals surface area (Å²) in [7, 11) is 3.72. The number of benzene rings is 1. The largest absolute Gasteiger partial charge is 0.397 e. The number of hydrogen-bond donors (Lipinski definition) is 2. The number of thiophene rings is 1. The molecular formula is C14H18BrN3OS. The average Bonchev–Trinajstić information content (AvgIpc) is 2.75. The third-order valence-electron chi connectivity index (χ3n) is 3.15. The van der Waals surface area contributed by atoms with E-state index in [0.29, 0.717) is 10.6 Å². The molecule has 0 atom stereocenters. The van der Waals surface area contributed by atoms with E-state index < -0.39 is 0 Å². The Labute approximate surface area is 131 Å². The summed E-state index contributed by atoms with van der Waals surface area (Å²) in [5.41, 5.74) is 6.71. The van der Waals surface area contributed by atoms with Crippen molar-refractivity contribution in [2.45, 2.75) is 6.42 Å². The molecule has 20 heavy (non-hydrogen) atoms. The molecule has 3 N–H and O–H groups in total. The lowest BCUT2D eigenvalue weighted by molar-refractivity contribution is 0.0799. The zero-order chi connectivity index (χ0) is 14.7. The molecule has 1 aromatic heterocycles. The van der Waals surface area contributed by atoms with Crippen LogP contribution in [0.5, 0.6) is 0 Å². The quantitative estimate of drug-likeness (QED) is 0.810. The molecule has 0 aliphatic carbocycles. The highest BCUT2D eigenvalue weighted by molar-refractivity contribution is 9.10. The highest BCUT2D eigenvalue weighted by Gasteiger charge is 2.19. The standard InChI is InChI=1S/C14H18BrN3OS/c1-17-6-3-7-18(2)14(19)13-12(16)10-8-9(15)4-5-11(10)20-13/h4-5,8,17H,3,6-7,16H2,1-2H3. The minimum atomic E-state index is -0.00377. The minimum absolute atomic E-state index is 0.00377. The van der Waals surface area contributed by atoms with E-state index in [9.17, 15) is 4.79 Å². The van der Waals surface area contributed by atoms with Crippen molar-refractivity contribution >= 4 is 48.9 Å². The Balaban J connectivity index is 2.24. The van der Waals surface area contributed by atoms with Gasteiger partial charge in [-0.1, -0.05) is 15.9 Å². The molecule has 0 bridgehead atoms. The molecule has 0 unspecified atom stereocenters. The summed E-state index contributed by atoms with van der Waals surface area (Å²) >= 11 is 4.89. The van der Waals surface area contributed by atoms with E-state index >= 15 is 0 Å². The molecule has 0 fully saturated rings. The van der Waals surface area contributed by atoms with E-state index in [1.807, 2.05) is 32.3 Å². The lowest BCUT2D eigenvalue weighted by Gasteiger charge is -2.16. The Hall–Kier alpha value is -1.11. The van der Waals surface area contributed by atoms with Gasteiger partial charge in [0.05, 0.1) is 5.69 Å². The fraction of sp³-hybridized carbons (Fsp3) is 0.357. The molecule has 0 aliphatic heterocycles. The maximum absolute atomic E-state index is 12.4. The summed E-state index contributed by atoms with van der Waals surface area (Å²) in [6, 6.07) is 5.90. The minimum Gasteiger partial charge on any atom is -0.397 e. The second-order valence-electron chi connectivity index (χ2n) is 4.67. The number of nitrogens with two attached hydrogens (primary N) is 1. The molecular weight excluding hydrogens is 338 g/mol. The van der Waals surface area contributed by atoms with Gasteiger partial charge < -0.3 is 16.0 Å². The summed E-state index contributed by atoms with van der Waals surface area (Å²) in [5, 5.41) is 4.02. The van der Waals surface area contributed by atoms with Crippen molar-refractivity contribution in [3.8, 4) is 0 Å². The lowest BCUT2D eigenvalue weighted by Crippen LogP contribution is -2.29. The van der Waals surface area contributed by atoms with Crippen LogP contribution in [0.25, 0.3) is 10.1 Å². The molecule has 2 rings (SSSR count). The van der Waals surface area contributed by atoms with Crippen LogP contribution in [0.1, 0.15) is 16.1 Å². The maximum atomic E-state index is 12.4. The number of rotatable bonds is 5. The van der Waals surface area contributed by atoms with Gasteiger partial charge in [-0.15, -0.1) is 11.3 Å². The number of nitrogens with one attached hydrogen (secondary N) is 1. The first-order valence-corrected chi connectivity index (χ1v) is 8.03. The van der Waals surface area contributed by atoms with Crippen LogP contribution in [-0.2, 0) is 0 Å². The second kappa shape index (κ2) is 6.56. The number of nitrogens with zero attached hydrogens (tertiary/aromatic N) is 1. The van der Waals surface area contributed by atoms with E-state index in [1.165, 1.54) is 11.3 Å². The number of fused-ring (bicyclic) bond motifs is 1. The molecule has 0 saturated heterocycles. The van der Waals surface area contributed by atoms with E-state index in [4.69, 9.17) is 5.73 Å². The third-order valence-corrected chi connectivity index (χ3v) is 4.82. The fourth-order valence-corrected chi connectivity index (χ4v) is 3.47. The molecule has 1 aromatic carbocycles. The van der Waals surface area contributed by atoms with E-state index in [1.54, 1.807) is 4.90 Å². The number of halogens is 1. The van der Waals surface area contributed by atoms with Crippen LogP contribution in [0.3, 0.4) is 0 Å². The Bertz CT molecular complexity index is 626. The Morgan fingerprint density at radius 2 is 2.25 bits per heavy atom. The summed E-state index contributed by atoms with van der Waals surface area (Å²) in [6.07, 6.45) is 0.926. The zero-order valence-corrected chi connectivity index (χ0v) is 14.0. The van der Waals surface area contributed by atoms with Crippen molar-refractivity contribution < 1.29 is 4.79 Å². The normalized spacial score (nSPS) is 10.9. The predicted octanol–water partition coefficient (Wildman–Crippen LogP) is 2.93. The van der Waals surface area contributed by atoms with Crippen molar-refractivity contribution in [1.29, 1.82) is 0 Å². The summed E-state index contributed by atoms with van der Waals surface area (Å²) in [4.78, 5) is 14.8. The van der Waals surface area contributed by atoms with Crippen LogP contribution in [0.4, 0.5) is 5.69 Å². The van der Waals surface area contributed by atoms with Gasteiger partial charge in [-0.2, -0.15) is 0 Å². The summed E-state index contributed by atoms with van der Waals surface area (Å²) in [6.45, 7) is 1.61. The molecule has 0 aliphatic rings. The fourth-order valence-electron chi connectivity index (χ4n) is 2.02. The van der Waals surface area contributed by atoms with E-state index in [-0.39, 0.29) is 5.91 Å². The van der Waals surface area contributed by atoms with Gasteiger partial charge in [-0.25, -0.2) is 0 Å². The highest BCUT2D eigenvalue weighted by Crippen LogP contribution is 2.35. The van der Waals surface area contributed by atoms with Crippen molar-refractivity contribution in [2.24, 2.45) is 0 Å². The summed E-state index contributed by atoms with van der Waals surface area (Å²) in [5.74, 6) is -0.00377. The summed E-state index contributed by atoms with van der Waals surface area (Å²) < 4.78 is 2.01. The van der Waals surface area contributed by atoms with Gasteiger partial charge in [0.25, 0.3) is 5.91 Å². The Kier molecular flexibility index (Phi) is 5.01. The van der Waals surface area contributed by atoms with Gasteiger partial charge in [-0.3, -0.25) is 4.79 Å². The van der Waals surface area contributed by atoms with E-state index in [2.05, 4.69) is 21.2 Å². The van der Waals surface area contributed by atoms with Crippen LogP contribution in [0.15, 0.2) is 22.7 Å². The first kappa shape index (κ1) is 15.3. The van der Waals surface area contributed by atoms with E-state index in [0.717, 1.165) is 34.1 Å². The Morgan fingerprint density at radius 3 is 2.95 bits per heavy atom. The molecule has 0 radical (unpaired) electrons. The zero-order valence-electron chi connectivity index (χ0n) is 11.6. The molecule has 0 spiro atoms. The van der Waals surface area contributed by atoms with Crippen molar-refractivity contribution in [2.75, 3.05) is 32.9 Å². The van der Waals surface area contributed by atoms with Crippen LogP contribution in [0.2, 0.25) is 0 Å². The lowest BCUT2D eigenvalue weighted by atomic mass is 10.2. The topological polar surface area (TPSA) is 58.4 Å². The van der Waals surface area contributed by atoms with Gasteiger partial charge in [0.2, 0.25) is 0 Å². The number of carbonyl (C=O) groups excluding carboxylic acids is 1. The molecule has 4 nitrogen and oxygen atoms in total. The van der Waals surface area contributed by atoms with Gasteiger partial charge >= 0.3 is 0 Å². The van der Waals surface area contributed by atoms with Crippen LogP contribution >= 0.6 is 27.3 Å². The monoisotopic (exact) mass is 355 g/mol. The van der Waals surface area contributed by atoms with Crippen molar-refractivity contribution in [1.82, 2.24) is 10.2 Å². The van der Waals surface area contributed by atoms with Crippen LogP contribution < -0.4 is 11.1 Å². The first-order valence-electron chi connectivity index (χ1n) is 6.42. The number of hydrogen-bond acceptors (Lipinski definition) is 4. The number of nitrogen functional groups attached to an aromatic ring is 1. The van der Waals surface area contributed by atoms with Gasteiger partial charge in [0.1, 0.15) is 4.88 Å². The number of anilines is 1. The smallest absolute Gasteiger partial charge is 0.265 e. The number of amides is 1. The Morgan fingerprint density at radius 1 is 1.50 bits per heavy atom. The molecule has 1 amide bonds. The molecule has 108 valence electrons. The van der Waals surface area contributed by atoms with Crippen LogP contribution in [0, 0.1) is 0 Å². The van der Waals surface area contributed by atoms with Gasteiger partial charge in [-0.05, 0) is 38.2 Å². The SMILES string of the molecule is CNCCCN(C)C(=O)c1sc2ccc(Br)cc2c1N. The van der Waals surface area contributed by atoms with Crippen LogP contribution in [-0.4, -0.2) is 38.0 Å². The average molecular weight is 356 g/mol. The predicted molar refractivity (Wildman–Crippen MR) is 89.4 cm³/mol. The molecule has 0 saturated carbocycles. The molecule has 6 heteroatoms. The van der Waals surface area contributed by atoms with Crippen molar-refractivity contribution in [3.63, 3.8) is 0 Å². The van der Waals surface area contributed by atoms with Crippen molar-refractivity contribution in [3.05, 3.63) is 27.5 Å².